The molecule has 1 aliphatic rings. The second-order valence-electron chi connectivity index (χ2n) is 6.68. The lowest BCUT2D eigenvalue weighted by molar-refractivity contribution is 0.180. The van der Waals surface area contributed by atoms with E-state index in [0.29, 0.717) is 6.61 Å². The Morgan fingerprint density at radius 1 is 1.14 bits per heavy atom. The molecule has 3 aromatic heterocycles. The molecule has 0 aromatic carbocycles. The summed E-state index contributed by atoms with van der Waals surface area (Å²) < 4.78 is 7.42. The number of ether oxygens (including phenoxy) is 1. The van der Waals surface area contributed by atoms with E-state index in [1.54, 1.807) is 13.3 Å². The average Bonchev–Trinajstić information content (AvgIpc) is 3.34. The number of aromatic nitrogens is 3. The van der Waals surface area contributed by atoms with Crippen molar-refractivity contribution >= 4 is 17.3 Å². The van der Waals surface area contributed by atoms with Gasteiger partial charge in [-0.25, -0.2) is 0 Å². The highest BCUT2D eigenvalue weighted by atomic mass is 32.1. The summed E-state index contributed by atoms with van der Waals surface area (Å²) in [6, 6.07) is 14.2. The molecule has 28 heavy (non-hydrogen) atoms. The van der Waals surface area contributed by atoms with Crippen molar-refractivity contribution < 1.29 is 4.74 Å². The fourth-order valence-electron chi connectivity index (χ4n) is 3.71. The van der Waals surface area contributed by atoms with Gasteiger partial charge in [0.1, 0.15) is 0 Å². The lowest BCUT2D eigenvalue weighted by Crippen LogP contribution is -2.32. The fraction of sp³-hybridized carbons (Fsp3) is 0.286. The van der Waals surface area contributed by atoms with Gasteiger partial charge in [0, 0.05) is 44.5 Å². The van der Waals surface area contributed by atoms with E-state index in [-0.39, 0.29) is 12.1 Å². The van der Waals surface area contributed by atoms with Crippen molar-refractivity contribution in [1.82, 2.24) is 24.8 Å². The number of pyridine rings is 2. The Morgan fingerprint density at radius 3 is 2.82 bits per heavy atom. The Balaban J connectivity index is 1.75. The van der Waals surface area contributed by atoms with Crippen LogP contribution in [-0.4, -0.2) is 44.8 Å². The number of methoxy groups -OCH3 is 1. The van der Waals surface area contributed by atoms with Gasteiger partial charge in [-0.15, -0.1) is 0 Å². The van der Waals surface area contributed by atoms with Gasteiger partial charge < -0.3 is 19.5 Å². The number of thiocarbonyl (C=S) groups is 1. The Morgan fingerprint density at radius 2 is 2.07 bits per heavy atom. The van der Waals surface area contributed by atoms with Gasteiger partial charge in [-0.1, -0.05) is 6.07 Å². The third kappa shape index (κ3) is 3.63. The van der Waals surface area contributed by atoms with Gasteiger partial charge in [0.15, 0.2) is 5.11 Å². The lowest BCUT2D eigenvalue weighted by Gasteiger charge is -2.28. The van der Waals surface area contributed by atoms with Gasteiger partial charge in [0.05, 0.1) is 29.7 Å². The van der Waals surface area contributed by atoms with E-state index in [9.17, 15) is 0 Å². The van der Waals surface area contributed by atoms with Crippen LogP contribution in [0.1, 0.15) is 29.9 Å². The Labute approximate surface area is 170 Å². The molecule has 0 radical (unpaired) electrons. The lowest BCUT2D eigenvalue weighted by atomic mass is 10.0. The largest absolute Gasteiger partial charge is 0.385 e. The van der Waals surface area contributed by atoms with Crippen molar-refractivity contribution in [3.63, 3.8) is 0 Å². The highest BCUT2D eigenvalue weighted by Gasteiger charge is 2.40. The van der Waals surface area contributed by atoms with Crippen LogP contribution in [0.4, 0.5) is 0 Å². The summed E-state index contributed by atoms with van der Waals surface area (Å²) in [7, 11) is 1.72. The molecule has 6 nitrogen and oxygen atoms in total. The first kappa shape index (κ1) is 18.6. The molecular formula is C21H23N5OS. The zero-order valence-electron chi connectivity index (χ0n) is 15.7. The van der Waals surface area contributed by atoms with Crippen molar-refractivity contribution in [1.29, 1.82) is 0 Å². The van der Waals surface area contributed by atoms with Crippen LogP contribution in [0, 0.1) is 0 Å². The molecular weight excluding hydrogens is 370 g/mol. The molecule has 0 saturated carbocycles. The van der Waals surface area contributed by atoms with Crippen LogP contribution in [0.2, 0.25) is 0 Å². The number of hydrogen-bond acceptors (Lipinski definition) is 4. The summed E-state index contributed by atoms with van der Waals surface area (Å²) in [5.74, 6) is 0. The number of hydrogen-bond donors (Lipinski definition) is 1. The first-order valence-corrected chi connectivity index (χ1v) is 9.75. The molecule has 0 amide bonds. The maximum absolute atomic E-state index is 5.70. The summed E-state index contributed by atoms with van der Waals surface area (Å²) >= 11 is 5.70. The highest BCUT2D eigenvalue weighted by molar-refractivity contribution is 7.80. The SMILES string of the molecule is COCCCN1C(=S)N[C@@H](c2ccccn2)[C@H]1c1cccn1-c1cccnc1. The molecule has 1 fully saturated rings. The number of rotatable bonds is 7. The summed E-state index contributed by atoms with van der Waals surface area (Å²) in [6.07, 6.45) is 8.45. The van der Waals surface area contributed by atoms with E-state index >= 15 is 0 Å². The molecule has 1 N–H and O–H groups in total. The zero-order valence-corrected chi connectivity index (χ0v) is 16.5. The van der Waals surface area contributed by atoms with Gasteiger partial charge >= 0.3 is 0 Å². The number of nitrogens with zero attached hydrogens (tertiary/aromatic N) is 4. The molecule has 0 unspecified atom stereocenters. The van der Waals surface area contributed by atoms with Crippen molar-refractivity contribution in [3.8, 4) is 5.69 Å². The predicted molar refractivity (Wildman–Crippen MR) is 112 cm³/mol. The molecule has 3 aromatic rings. The van der Waals surface area contributed by atoms with Crippen LogP contribution in [-0.2, 0) is 4.74 Å². The maximum Gasteiger partial charge on any atom is 0.170 e. The van der Waals surface area contributed by atoms with Crippen molar-refractivity contribution in [2.75, 3.05) is 20.3 Å². The summed E-state index contributed by atoms with van der Waals surface area (Å²) in [5.41, 5.74) is 3.15. The smallest absolute Gasteiger partial charge is 0.170 e. The van der Waals surface area contributed by atoms with Crippen molar-refractivity contribution in [3.05, 3.63) is 78.6 Å². The molecule has 1 aliphatic heterocycles. The second kappa shape index (κ2) is 8.50. The molecule has 4 rings (SSSR count). The maximum atomic E-state index is 5.70. The van der Waals surface area contributed by atoms with Gasteiger partial charge in [0.25, 0.3) is 0 Å². The molecule has 0 aliphatic carbocycles. The van der Waals surface area contributed by atoms with Crippen molar-refractivity contribution in [2.45, 2.75) is 18.5 Å². The first-order chi connectivity index (χ1) is 13.8. The van der Waals surface area contributed by atoms with Gasteiger partial charge in [0.2, 0.25) is 0 Å². The van der Waals surface area contributed by atoms with Crippen LogP contribution >= 0.6 is 12.2 Å². The quantitative estimate of drug-likeness (QED) is 0.491. The van der Waals surface area contributed by atoms with Crippen LogP contribution in [0.5, 0.6) is 0 Å². The summed E-state index contributed by atoms with van der Waals surface area (Å²) in [4.78, 5) is 11.1. The van der Waals surface area contributed by atoms with E-state index in [1.165, 1.54) is 0 Å². The Bertz CT molecular complexity index is 915. The molecule has 7 heteroatoms. The third-order valence-electron chi connectivity index (χ3n) is 4.95. The van der Waals surface area contributed by atoms with E-state index in [1.807, 2.05) is 36.7 Å². The van der Waals surface area contributed by atoms with Crippen LogP contribution in [0.15, 0.2) is 67.3 Å². The van der Waals surface area contributed by atoms with Crippen LogP contribution in [0.3, 0.4) is 0 Å². The minimum absolute atomic E-state index is 0.0227. The first-order valence-electron chi connectivity index (χ1n) is 9.34. The van der Waals surface area contributed by atoms with E-state index < -0.39 is 0 Å². The summed E-state index contributed by atoms with van der Waals surface area (Å²) in [5, 5.41) is 4.24. The number of nitrogens with one attached hydrogen (secondary N) is 1. The standard InChI is InChI=1S/C21H23N5OS/c1-27-14-6-13-26-20(19(24-21(26)28)17-8-2-3-11-23-17)18-9-5-12-25(18)16-7-4-10-22-15-16/h2-5,7-12,15,19-20H,6,13-14H2,1H3,(H,24,28)/t19-,20+/m0/s1. The third-order valence-corrected chi connectivity index (χ3v) is 5.31. The molecule has 1 saturated heterocycles. The van der Waals surface area contributed by atoms with E-state index in [4.69, 9.17) is 17.0 Å². The molecule has 2 atom stereocenters. The topological polar surface area (TPSA) is 55.2 Å². The fourth-order valence-corrected chi connectivity index (χ4v) is 4.05. The second-order valence-corrected chi connectivity index (χ2v) is 7.07. The molecule has 144 valence electrons. The van der Waals surface area contributed by atoms with Crippen LogP contribution < -0.4 is 5.32 Å². The Kier molecular flexibility index (Phi) is 5.64. The average molecular weight is 394 g/mol. The molecule has 4 heterocycles. The Hall–Kier alpha value is -2.77. The van der Waals surface area contributed by atoms with Gasteiger partial charge in [-0.05, 0) is 55.0 Å². The monoisotopic (exact) mass is 393 g/mol. The molecule has 0 spiro atoms. The molecule has 0 bridgehead atoms. The van der Waals surface area contributed by atoms with Gasteiger partial charge in [-0.3, -0.25) is 9.97 Å². The van der Waals surface area contributed by atoms with Crippen LogP contribution in [0.25, 0.3) is 5.69 Å². The highest BCUT2D eigenvalue weighted by Crippen LogP contribution is 2.39. The minimum Gasteiger partial charge on any atom is -0.385 e. The van der Waals surface area contributed by atoms with E-state index in [0.717, 1.165) is 35.2 Å². The summed E-state index contributed by atoms with van der Waals surface area (Å²) in [6.45, 7) is 1.51. The zero-order chi connectivity index (χ0) is 19.3. The predicted octanol–water partition coefficient (Wildman–Crippen LogP) is 3.28. The van der Waals surface area contributed by atoms with E-state index in [2.05, 4.69) is 49.1 Å². The minimum atomic E-state index is -0.0263. The normalized spacial score (nSPS) is 19.0. The van der Waals surface area contributed by atoms with Crippen molar-refractivity contribution in [2.24, 2.45) is 0 Å². The van der Waals surface area contributed by atoms with Gasteiger partial charge in [-0.2, -0.15) is 0 Å².